The number of hydrogen-bond donors (Lipinski definition) is 1. The van der Waals surface area contributed by atoms with Crippen molar-refractivity contribution in [2.75, 3.05) is 0 Å². The Labute approximate surface area is 104 Å². The van der Waals surface area contributed by atoms with Crippen molar-refractivity contribution in [3.63, 3.8) is 0 Å². The molecule has 5 heteroatoms. The Kier molecular flexibility index (Phi) is 3.44. The van der Waals surface area contributed by atoms with Crippen LogP contribution < -0.4 is 5.32 Å². The van der Waals surface area contributed by atoms with Gasteiger partial charge in [-0.05, 0) is 24.6 Å². The average Bonchev–Trinajstić information content (AvgIpc) is 2.83. The Morgan fingerprint density at radius 1 is 1.41 bits per heavy atom. The van der Waals surface area contributed by atoms with Gasteiger partial charge in [-0.25, -0.2) is 4.98 Å². The number of carbonyl (C=O) groups is 1. The lowest BCUT2D eigenvalue weighted by Gasteiger charge is -2.13. The lowest BCUT2D eigenvalue weighted by Crippen LogP contribution is -2.26. The van der Waals surface area contributed by atoms with Gasteiger partial charge >= 0.3 is 0 Å². The number of halogens is 1. The first kappa shape index (κ1) is 11.7. The zero-order chi connectivity index (χ0) is 12.3. The van der Waals surface area contributed by atoms with Crippen molar-refractivity contribution in [3.05, 3.63) is 53.2 Å². The molecule has 0 saturated heterocycles. The summed E-state index contributed by atoms with van der Waals surface area (Å²) < 4.78 is 4.91. The molecule has 1 aromatic heterocycles. The minimum atomic E-state index is -0.287. The molecule has 0 aliphatic heterocycles. The van der Waals surface area contributed by atoms with Gasteiger partial charge in [0.1, 0.15) is 0 Å². The van der Waals surface area contributed by atoms with E-state index in [1.807, 2.05) is 19.1 Å². The van der Waals surface area contributed by atoms with Crippen molar-refractivity contribution in [1.82, 2.24) is 10.3 Å². The number of nitrogens with one attached hydrogen (secondary N) is 1. The van der Waals surface area contributed by atoms with Crippen LogP contribution in [0.4, 0.5) is 0 Å². The highest BCUT2D eigenvalue weighted by molar-refractivity contribution is 6.30. The minimum Gasteiger partial charge on any atom is -0.438 e. The van der Waals surface area contributed by atoms with E-state index >= 15 is 0 Å². The number of oxazole rings is 1. The van der Waals surface area contributed by atoms with Gasteiger partial charge < -0.3 is 9.73 Å². The van der Waals surface area contributed by atoms with E-state index in [0.29, 0.717) is 5.02 Å². The number of hydrogen-bond acceptors (Lipinski definition) is 3. The molecule has 1 atom stereocenters. The van der Waals surface area contributed by atoms with Crippen LogP contribution in [0.3, 0.4) is 0 Å². The second-order valence-electron chi connectivity index (χ2n) is 3.61. The normalized spacial score (nSPS) is 12.1. The molecule has 0 saturated carbocycles. The van der Waals surface area contributed by atoms with E-state index in [1.54, 1.807) is 12.1 Å². The fourth-order valence-electron chi connectivity index (χ4n) is 1.43. The fraction of sp³-hybridized carbons (Fsp3) is 0.167. The number of benzene rings is 1. The van der Waals surface area contributed by atoms with Gasteiger partial charge in [-0.1, -0.05) is 23.7 Å². The zero-order valence-electron chi connectivity index (χ0n) is 9.18. The Hall–Kier alpha value is -1.81. The summed E-state index contributed by atoms with van der Waals surface area (Å²) >= 11 is 5.79. The number of amides is 1. The molecule has 2 rings (SSSR count). The van der Waals surface area contributed by atoms with Gasteiger partial charge in [0.05, 0.1) is 12.2 Å². The summed E-state index contributed by atoms with van der Waals surface area (Å²) in [5.74, 6) is -0.0873. The highest BCUT2D eigenvalue weighted by Gasteiger charge is 2.13. The molecule has 0 aliphatic carbocycles. The molecule has 1 aromatic carbocycles. The highest BCUT2D eigenvalue weighted by atomic mass is 35.5. The monoisotopic (exact) mass is 250 g/mol. The Balaban J connectivity index is 2.04. The van der Waals surface area contributed by atoms with E-state index in [4.69, 9.17) is 16.0 Å². The third-order valence-electron chi connectivity index (χ3n) is 2.37. The molecular formula is C12H11ClN2O2. The molecule has 0 aliphatic rings. The van der Waals surface area contributed by atoms with Gasteiger partial charge in [-0.3, -0.25) is 4.79 Å². The molecule has 88 valence electrons. The fourth-order valence-corrected chi connectivity index (χ4v) is 1.56. The molecule has 4 nitrogen and oxygen atoms in total. The summed E-state index contributed by atoms with van der Waals surface area (Å²) in [6, 6.07) is 7.19. The van der Waals surface area contributed by atoms with E-state index < -0.39 is 0 Å². The minimum absolute atomic E-state index is 0.120. The second-order valence-corrected chi connectivity index (χ2v) is 4.05. The average molecular weight is 251 g/mol. The van der Waals surface area contributed by atoms with Crippen LogP contribution in [0.15, 0.2) is 41.3 Å². The van der Waals surface area contributed by atoms with Crippen LogP contribution in [-0.2, 0) is 0 Å². The first-order valence-electron chi connectivity index (χ1n) is 5.11. The molecule has 0 bridgehead atoms. The van der Waals surface area contributed by atoms with E-state index in [9.17, 15) is 4.79 Å². The first-order valence-corrected chi connectivity index (χ1v) is 5.49. The van der Waals surface area contributed by atoms with E-state index in [-0.39, 0.29) is 17.7 Å². The van der Waals surface area contributed by atoms with Crippen molar-refractivity contribution in [2.45, 2.75) is 13.0 Å². The molecular weight excluding hydrogens is 240 g/mol. The van der Waals surface area contributed by atoms with Crippen molar-refractivity contribution < 1.29 is 9.21 Å². The van der Waals surface area contributed by atoms with E-state index in [2.05, 4.69) is 10.3 Å². The van der Waals surface area contributed by atoms with Gasteiger partial charge in [-0.2, -0.15) is 0 Å². The Morgan fingerprint density at radius 2 is 2.12 bits per heavy atom. The van der Waals surface area contributed by atoms with Crippen molar-refractivity contribution >= 4 is 17.5 Å². The first-order chi connectivity index (χ1) is 8.16. The summed E-state index contributed by atoms with van der Waals surface area (Å²) in [5.41, 5.74) is 0.974. The van der Waals surface area contributed by atoms with Crippen molar-refractivity contribution in [3.8, 4) is 0 Å². The summed E-state index contributed by atoms with van der Waals surface area (Å²) in [6.45, 7) is 1.89. The largest absolute Gasteiger partial charge is 0.438 e. The Morgan fingerprint density at radius 3 is 2.71 bits per heavy atom. The van der Waals surface area contributed by atoms with Crippen LogP contribution >= 0.6 is 11.6 Å². The van der Waals surface area contributed by atoms with Crippen LogP contribution in [0.25, 0.3) is 0 Å². The molecule has 0 radical (unpaired) electrons. The van der Waals surface area contributed by atoms with E-state index in [1.165, 1.54) is 12.6 Å². The van der Waals surface area contributed by atoms with Gasteiger partial charge in [-0.15, -0.1) is 0 Å². The number of nitrogens with zero attached hydrogens (tertiary/aromatic N) is 1. The van der Waals surface area contributed by atoms with Gasteiger partial charge in [0.25, 0.3) is 5.91 Å². The lowest BCUT2D eigenvalue weighted by atomic mass is 10.1. The quantitative estimate of drug-likeness (QED) is 0.911. The topological polar surface area (TPSA) is 55.1 Å². The number of carbonyl (C=O) groups excluding carboxylic acids is 1. The van der Waals surface area contributed by atoms with Gasteiger partial charge in [0.2, 0.25) is 5.76 Å². The van der Waals surface area contributed by atoms with Gasteiger partial charge in [0.15, 0.2) is 6.39 Å². The second kappa shape index (κ2) is 5.01. The third kappa shape index (κ3) is 2.85. The third-order valence-corrected chi connectivity index (χ3v) is 2.63. The summed E-state index contributed by atoms with van der Waals surface area (Å²) in [7, 11) is 0. The maximum Gasteiger partial charge on any atom is 0.289 e. The van der Waals surface area contributed by atoms with Crippen LogP contribution in [0.2, 0.25) is 5.02 Å². The van der Waals surface area contributed by atoms with Crippen LogP contribution in [0, 0.1) is 0 Å². The summed E-state index contributed by atoms with van der Waals surface area (Å²) in [4.78, 5) is 15.4. The molecule has 0 spiro atoms. The summed E-state index contributed by atoms with van der Waals surface area (Å²) in [6.07, 6.45) is 2.60. The molecule has 1 amide bonds. The van der Waals surface area contributed by atoms with E-state index in [0.717, 1.165) is 5.56 Å². The predicted molar refractivity (Wildman–Crippen MR) is 63.8 cm³/mol. The van der Waals surface area contributed by atoms with Crippen LogP contribution in [0.1, 0.15) is 29.1 Å². The molecule has 1 heterocycles. The standard InChI is InChI=1S/C12H11ClN2O2/c1-8(9-2-4-10(13)5-3-9)15-12(16)11-6-14-7-17-11/h2-8H,1H3,(H,15,16)/t8-/m0/s1. The number of rotatable bonds is 3. The van der Waals surface area contributed by atoms with Crippen molar-refractivity contribution in [2.24, 2.45) is 0 Å². The maximum absolute atomic E-state index is 11.7. The SMILES string of the molecule is C[C@H](NC(=O)c1cnco1)c1ccc(Cl)cc1. The lowest BCUT2D eigenvalue weighted by molar-refractivity contribution is 0.0912. The Bertz CT molecular complexity index is 494. The molecule has 1 N–H and O–H groups in total. The van der Waals surface area contributed by atoms with Crippen molar-refractivity contribution in [1.29, 1.82) is 0 Å². The van der Waals surface area contributed by atoms with Crippen LogP contribution in [-0.4, -0.2) is 10.9 Å². The predicted octanol–water partition coefficient (Wildman–Crippen LogP) is 2.82. The molecule has 17 heavy (non-hydrogen) atoms. The number of aromatic nitrogens is 1. The zero-order valence-corrected chi connectivity index (χ0v) is 9.94. The summed E-state index contributed by atoms with van der Waals surface area (Å²) in [5, 5.41) is 3.47. The highest BCUT2D eigenvalue weighted by Crippen LogP contribution is 2.16. The molecule has 0 fully saturated rings. The van der Waals surface area contributed by atoms with Crippen LogP contribution in [0.5, 0.6) is 0 Å². The molecule has 2 aromatic rings. The maximum atomic E-state index is 11.7. The van der Waals surface area contributed by atoms with Gasteiger partial charge in [0, 0.05) is 5.02 Å². The molecule has 0 unspecified atom stereocenters. The smallest absolute Gasteiger partial charge is 0.289 e.